The standard InChI is InChI=1S/C21H20F3N3O2S/c1-12(2)9-10-27-20(29)13-5-3-4-6-15(13)26-21(27)30-11-17(28)25-16-8-7-14(22)18(23)19(16)24/h3-8,12H,9-11H2,1-2H3,(H,25,28). The lowest BCUT2D eigenvalue weighted by molar-refractivity contribution is -0.113. The van der Waals surface area contributed by atoms with Gasteiger partial charge in [-0.05, 0) is 36.6 Å². The van der Waals surface area contributed by atoms with Crippen molar-refractivity contribution in [3.8, 4) is 0 Å². The van der Waals surface area contributed by atoms with Gasteiger partial charge in [0.25, 0.3) is 5.56 Å². The maximum Gasteiger partial charge on any atom is 0.262 e. The Balaban J connectivity index is 1.82. The highest BCUT2D eigenvalue weighted by molar-refractivity contribution is 7.99. The molecule has 0 atom stereocenters. The van der Waals surface area contributed by atoms with E-state index in [1.807, 2.05) is 13.8 Å². The molecule has 1 aromatic heterocycles. The molecule has 1 heterocycles. The van der Waals surface area contributed by atoms with Crippen LogP contribution in [0.5, 0.6) is 0 Å². The van der Waals surface area contributed by atoms with Crippen LogP contribution in [0.4, 0.5) is 18.9 Å². The predicted molar refractivity (Wildman–Crippen MR) is 111 cm³/mol. The third-order valence-electron chi connectivity index (χ3n) is 4.40. The zero-order valence-corrected chi connectivity index (χ0v) is 17.2. The molecule has 0 saturated heterocycles. The van der Waals surface area contributed by atoms with Gasteiger partial charge in [-0.15, -0.1) is 0 Å². The number of benzene rings is 2. The third kappa shape index (κ3) is 4.84. The lowest BCUT2D eigenvalue weighted by Gasteiger charge is -2.14. The summed E-state index contributed by atoms with van der Waals surface area (Å²) in [7, 11) is 0. The van der Waals surface area contributed by atoms with Gasteiger partial charge in [0.2, 0.25) is 5.91 Å². The van der Waals surface area contributed by atoms with Crippen LogP contribution >= 0.6 is 11.8 Å². The second kappa shape index (κ2) is 9.34. The number of carbonyl (C=O) groups excluding carboxylic acids is 1. The first-order chi connectivity index (χ1) is 14.3. The van der Waals surface area contributed by atoms with Crippen LogP contribution in [0.3, 0.4) is 0 Å². The molecule has 0 aliphatic heterocycles. The fourth-order valence-corrected chi connectivity index (χ4v) is 3.61. The Bertz CT molecular complexity index is 1150. The summed E-state index contributed by atoms with van der Waals surface area (Å²) in [6, 6.07) is 8.61. The summed E-state index contributed by atoms with van der Waals surface area (Å²) in [6.45, 7) is 4.52. The zero-order valence-electron chi connectivity index (χ0n) is 16.4. The van der Waals surface area contributed by atoms with Crippen LogP contribution in [0, 0.1) is 23.4 Å². The quantitative estimate of drug-likeness (QED) is 0.335. The van der Waals surface area contributed by atoms with Crippen LogP contribution in [0.1, 0.15) is 20.3 Å². The molecule has 2 aromatic carbocycles. The molecule has 0 bridgehead atoms. The predicted octanol–water partition coefficient (Wildman–Crippen LogP) is 4.59. The van der Waals surface area contributed by atoms with E-state index in [1.54, 1.807) is 24.3 Å². The molecule has 0 unspecified atom stereocenters. The molecule has 1 N–H and O–H groups in total. The van der Waals surface area contributed by atoms with Crippen LogP contribution in [-0.4, -0.2) is 21.2 Å². The van der Waals surface area contributed by atoms with Crippen molar-refractivity contribution in [1.29, 1.82) is 0 Å². The maximum absolute atomic E-state index is 13.8. The number of nitrogens with one attached hydrogen (secondary N) is 1. The minimum absolute atomic E-state index is 0.190. The number of anilines is 1. The maximum atomic E-state index is 13.8. The SMILES string of the molecule is CC(C)CCn1c(SCC(=O)Nc2ccc(F)c(F)c2F)nc2ccccc2c1=O. The van der Waals surface area contributed by atoms with Gasteiger partial charge >= 0.3 is 0 Å². The highest BCUT2D eigenvalue weighted by atomic mass is 32.2. The Morgan fingerprint density at radius 1 is 1.13 bits per heavy atom. The summed E-state index contributed by atoms with van der Waals surface area (Å²) < 4.78 is 41.7. The lowest BCUT2D eigenvalue weighted by atomic mass is 10.1. The largest absolute Gasteiger partial charge is 0.323 e. The molecule has 0 aliphatic rings. The molecule has 30 heavy (non-hydrogen) atoms. The van der Waals surface area contributed by atoms with Gasteiger partial charge in [-0.25, -0.2) is 18.2 Å². The van der Waals surface area contributed by atoms with Gasteiger partial charge in [0.15, 0.2) is 22.6 Å². The van der Waals surface area contributed by atoms with Crippen molar-refractivity contribution < 1.29 is 18.0 Å². The number of carbonyl (C=O) groups is 1. The van der Waals surface area contributed by atoms with Gasteiger partial charge < -0.3 is 5.32 Å². The molecule has 0 radical (unpaired) electrons. The number of rotatable bonds is 7. The zero-order chi connectivity index (χ0) is 21.8. The van der Waals surface area contributed by atoms with Gasteiger partial charge in [0.05, 0.1) is 22.3 Å². The molecule has 0 fully saturated rings. The second-order valence-electron chi connectivity index (χ2n) is 7.11. The molecule has 158 valence electrons. The fourth-order valence-electron chi connectivity index (χ4n) is 2.78. The molecule has 5 nitrogen and oxygen atoms in total. The van der Waals surface area contributed by atoms with Gasteiger partial charge in [0.1, 0.15) is 0 Å². The van der Waals surface area contributed by atoms with Crippen LogP contribution < -0.4 is 10.9 Å². The molecule has 3 rings (SSSR count). The van der Waals surface area contributed by atoms with E-state index >= 15 is 0 Å². The van der Waals surface area contributed by atoms with Gasteiger partial charge in [0, 0.05) is 6.54 Å². The molecular weight excluding hydrogens is 415 g/mol. The van der Waals surface area contributed by atoms with Gasteiger partial charge in [-0.2, -0.15) is 0 Å². The van der Waals surface area contributed by atoms with Gasteiger partial charge in [-0.3, -0.25) is 14.2 Å². The van der Waals surface area contributed by atoms with Crippen LogP contribution in [0.2, 0.25) is 0 Å². The number of halogens is 3. The molecular formula is C21H20F3N3O2S. The Morgan fingerprint density at radius 2 is 1.87 bits per heavy atom. The number of para-hydroxylation sites is 1. The fraction of sp³-hybridized carbons (Fsp3) is 0.286. The van der Waals surface area contributed by atoms with Crippen molar-refractivity contribution >= 4 is 34.3 Å². The average Bonchev–Trinajstić information content (AvgIpc) is 2.72. The van der Waals surface area contributed by atoms with Gasteiger partial charge in [-0.1, -0.05) is 37.7 Å². The van der Waals surface area contributed by atoms with E-state index in [0.717, 1.165) is 30.3 Å². The first-order valence-corrected chi connectivity index (χ1v) is 10.3. The normalized spacial score (nSPS) is 11.3. The van der Waals surface area contributed by atoms with Crippen LogP contribution in [-0.2, 0) is 11.3 Å². The molecule has 1 amide bonds. The van der Waals surface area contributed by atoms with E-state index in [4.69, 9.17) is 0 Å². The van der Waals surface area contributed by atoms with E-state index in [2.05, 4.69) is 10.3 Å². The van der Waals surface area contributed by atoms with E-state index in [0.29, 0.717) is 28.5 Å². The average molecular weight is 435 g/mol. The summed E-state index contributed by atoms with van der Waals surface area (Å²) in [4.78, 5) is 29.6. The topological polar surface area (TPSA) is 64.0 Å². The van der Waals surface area contributed by atoms with Crippen molar-refractivity contribution in [2.24, 2.45) is 5.92 Å². The van der Waals surface area contributed by atoms with Crippen molar-refractivity contribution in [2.75, 3.05) is 11.1 Å². The summed E-state index contributed by atoms with van der Waals surface area (Å²) in [5, 5.41) is 3.06. The summed E-state index contributed by atoms with van der Waals surface area (Å²) in [5.41, 5.74) is -0.142. The summed E-state index contributed by atoms with van der Waals surface area (Å²) in [5.74, 6) is -4.92. The molecule has 0 saturated carbocycles. The highest BCUT2D eigenvalue weighted by Crippen LogP contribution is 2.22. The summed E-state index contributed by atoms with van der Waals surface area (Å²) >= 11 is 1.02. The third-order valence-corrected chi connectivity index (χ3v) is 5.37. The number of thioether (sulfide) groups is 1. The van der Waals surface area contributed by atoms with Crippen LogP contribution in [0.15, 0.2) is 46.3 Å². The van der Waals surface area contributed by atoms with E-state index in [-0.39, 0.29) is 11.3 Å². The molecule has 9 heteroatoms. The first-order valence-electron chi connectivity index (χ1n) is 9.33. The minimum atomic E-state index is -1.65. The smallest absolute Gasteiger partial charge is 0.262 e. The number of aromatic nitrogens is 2. The number of fused-ring (bicyclic) bond motifs is 1. The van der Waals surface area contributed by atoms with Crippen molar-refractivity contribution in [3.63, 3.8) is 0 Å². The summed E-state index contributed by atoms with van der Waals surface area (Å²) in [6.07, 6.45) is 0.750. The highest BCUT2D eigenvalue weighted by Gasteiger charge is 2.17. The first kappa shape index (κ1) is 21.9. The van der Waals surface area contributed by atoms with E-state index in [9.17, 15) is 22.8 Å². The number of hydrogen-bond donors (Lipinski definition) is 1. The Morgan fingerprint density at radius 3 is 2.60 bits per heavy atom. The number of amides is 1. The van der Waals surface area contributed by atoms with E-state index < -0.39 is 29.0 Å². The van der Waals surface area contributed by atoms with E-state index in [1.165, 1.54) is 4.57 Å². The Labute approximate surface area is 175 Å². The lowest BCUT2D eigenvalue weighted by Crippen LogP contribution is -2.25. The van der Waals surface area contributed by atoms with Crippen molar-refractivity contribution in [2.45, 2.75) is 32.0 Å². The minimum Gasteiger partial charge on any atom is -0.323 e. The molecule has 0 aliphatic carbocycles. The molecule has 0 spiro atoms. The van der Waals surface area contributed by atoms with Crippen LogP contribution in [0.25, 0.3) is 10.9 Å². The van der Waals surface area contributed by atoms with Crippen molar-refractivity contribution in [1.82, 2.24) is 9.55 Å². The van der Waals surface area contributed by atoms with Crippen molar-refractivity contribution in [3.05, 3.63) is 64.2 Å². The Kier molecular flexibility index (Phi) is 6.81. The Hall–Kier alpha value is -2.81. The molecule has 3 aromatic rings. The number of hydrogen-bond acceptors (Lipinski definition) is 4. The second-order valence-corrected chi connectivity index (χ2v) is 8.05. The number of nitrogens with zero attached hydrogens (tertiary/aromatic N) is 2. The monoisotopic (exact) mass is 435 g/mol.